The van der Waals surface area contributed by atoms with Gasteiger partial charge in [-0.25, -0.2) is 13.1 Å². The Labute approximate surface area is 370 Å². The molecule has 3 aliphatic rings. The molecule has 0 bridgehead atoms. The Hall–Kier alpha value is -3.49. The van der Waals surface area contributed by atoms with Crippen LogP contribution in [0.1, 0.15) is 120 Å². The van der Waals surface area contributed by atoms with Crippen LogP contribution in [-0.2, 0) is 50.0 Å². The number of aryl methyl sites for hydroxylation is 4. The topological polar surface area (TPSA) is 6.48 Å². The maximum atomic E-state index is 6.00. The van der Waals surface area contributed by atoms with Crippen LogP contribution in [0, 0.1) is 13.1 Å². The monoisotopic (exact) mass is 912 g/mol. The van der Waals surface area contributed by atoms with Crippen LogP contribution >= 0.6 is 19.4 Å². The molecular formula is C54H64Cl2N2Ru-2. The second-order valence-electron chi connectivity index (χ2n) is 17.3. The molecular weight excluding hydrogens is 849 g/mol. The first kappa shape index (κ1) is 45.1. The number of halogens is 2. The number of hydrogen-bond donors (Lipinski definition) is 0. The molecule has 2 saturated heterocycles. The van der Waals surface area contributed by atoms with E-state index in [1.54, 1.807) is 0 Å². The molecule has 2 heterocycles. The zero-order valence-corrected chi connectivity index (χ0v) is 40.0. The van der Waals surface area contributed by atoms with Gasteiger partial charge in [0, 0.05) is 16.9 Å². The van der Waals surface area contributed by atoms with Gasteiger partial charge in [0.2, 0.25) is 0 Å². The van der Waals surface area contributed by atoms with Gasteiger partial charge in [0.1, 0.15) is 0 Å². The standard InChI is InChI=1S/C23H30N.C21H26N.C10H8.2ClH.Ru/c1-6-18-12-11-13-19(7-2)21(18)24-17-23(5,16-22(24,3)4)20-14-9-8-10-15-20;1-4-17-10-9-11-18(5-2)20(17)22-15-14-21(3,16-22)19-12-7-6-8-13-19;1-8-6-7-9-4-2-3-5-10(8)9;;;/h8-15,17H,6-7,16H2,1-5H3;6-13,16H,4-5,14-15H2,1-3H3;2-6H,1H3;2*1H;/q2*-1;;;;+2/p-2. The number of benzene rings is 5. The summed E-state index contributed by atoms with van der Waals surface area (Å²) in [5.41, 5.74) is 15.7. The Morgan fingerprint density at radius 3 is 1.51 bits per heavy atom. The summed E-state index contributed by atoms with van der Waals surface area (Å²) in [7, 11) is 12.0. The van der Waals surface area contributed by atoms with E-state index in [2.05, 4.69) is 200 Å². The average molecular weight is 913 g/mol. The summed E-state index contributed by atoms with van der Waals surface area (Å²) in [6.07, 6.45) is 8.76. The van der Waals surface area contributed by atoms with Crippen LogP contribution in [0.3, 0.4) is 0 Å². The normalized spacial score (nSPS) is 20.6. The van der Waals surface area contributed by atoms with Crippen molar-refractivity contribution >= 4 is 40.4 Å². The third-order valence-corrected chi connectivity index (χ3v) is 15.7. The van der Waals surface area contributed by atoms with Crippen molar-refractivity contribution in [2.24, 2.45) is 0 Å². The van der Waals surface area contributed by atoms with Gasteiger partial charge in [0.05, 0.1) is 0 Å². The van der Waals surface area contributed by atoms with E-state index in [-0.39, 0.29) is 16.4 Å². The van der Waals surface area contributed by atoms with Crippen LogP contribution in [0.25, 0.3) is 5.57 Å². The largest absolute Gasteiger partial charge is 0.521 e. The van der Waals surface area contributed by atoms with Gasteiger partial charge in [0.15, 0.2) is 0 Å². The maximum absolute atomic E-state index is 6.00. The predicted molar refractivity (Wildman–Crippen MR) is 256 cm³/mol. The summed E-state index contributed by atoms with van der Waals surface area (Å²) >= 11 is -1.75. The summed E-state index contributed by atoms with van der Waals surface area (Å²) in [6, 6.07) is 43.7. The average Bonchev–Trinajstić information content (AvgIpc) is 3.91. The Bertz CT molecular complexity index is 2210. The van der Waals surface area contributed by atoms with E-state index in [4.69, 9.17) is 19.4 Å². The molecule has 0 saturated carbocycles. The fourth-order valence-corrected chi connectivity index (χ4v) is 12.1. The van der Waals surface area contributed by atoms with Crippen molar-refractivity contribution in [3.8, 4) is 0 Å². The summed E-state index contributed by atoms with van der Waals surface area (Å²) in [4.78, 5) is 5.07. The zero-order valence-electron chi connectivity index (χ0n) is 36.7. The molecule has 0 amide bonds. The second-order valence-corrected chi connectivity index (χ2v) is 23.1. The van der Waals surface area contributed by atoms with Crippen LogP contribution in [0.15, 0.2) is 127 Å². The number of fused-ring (bicyclic) bond motifs is 1. The summed E-state index contributed by atoms with van der Waals surface area (Å²) in [6.45, 7) is 26.7. The Morgan fingerprint density at radius 2 is 1.02 bits per heavy atom. The maximum Gasteiger partial charge on any atom is 0.0140 e. The van der Waals surface area contributed by atoms with Crippen LogP contribution in [0.2, 0.25) is 0 Å². The van der Waals surface area contributed by atoms with Gasteiger partial charge < -0.3 is 9.80 Å². The minimum Gasteiger partial charge on any atom is -0.521 e. The molecule has 0 radical (unpaired) electrons. The van der Waals surface area contributed by atoms with E-state index in [0.717, 1.165) is 42.8 Å². The second kappa shape index (κ2) is 19.5. The molecule has 2 unspecified atom stereocenters. The SMILES string of the molecule is CC1=C[C](=[Ru]([Cl])[Cl])c2ccccc21.CCc1cccc(CC)c1N1[CH-]C(C)(c2ccccc2)CC1.CCc1cccc(CC)c1N1[CH-]C(C)(c2ccccc2)CC1(C)C. The summed E-state index contributed by atoms with van der Waals surface area (Å²) < 4.78 is 1.15. The molecule has 5 aromatic rings. The van der Waals surface area contributed by atoms with Crippen LogP contribution in [0.4, 0.5) is 11.4 Å². The third-order valence-electron chi connectivity index (χ3n) is 12.6. The molecule has 2 aliphatic heterocycles. The first-order valence-electron chi connectivity index (χ1n) is 21.5. The molecule has 314 valence electrons. The molecule has 0 aromatic heterocycles. The van der Waals surface area contributed by atoms with E-state index < -0.39 is 13.5 Å². The molecule has 2 nitrogen and oxygen atoms in total. The van der Waals surface area contributed by atoms with E-state index in [1.807, 2.05) is 12.1 Å². The number of rotatable bonds is 8. The van der Waals surface area contributed by atoms with Gasteiger partial charge >= 0.3 is 91.0 Å². The molecule has 2 atom stereocenters. The van der Waals surface area contributed by atoms with Crippen molar-refractivity contribution in [3.05, 3.63) is 185 Å². The first-order chi connectivity index (χ1) is 28.3. The minimum absolute atomic E-state index is 0.0800. The van der Waals surface area contributed by atoms with Crippen molar-refractivity contribution in [1.29, 1.82) is 0 Å². The first-order valence-corrected chi connectivity index (χ1v) is 26.9. The van der Waals surface area contributed by atoms with E-state index in [1.165, 1.54) is 67.9 Å². The van der Waals surface area contributed by atoms with E-state index >= 15 is 0 Å². The Balaban J connectivity index is 0.000000155. The molecule has 2 fully saturated rings. The van der Waals surface area contributed by atoms with Crippen molar-refractivity contribution < 1.29 is 13.5 Å². The number of hydrogen-bond acceptors (Lipinski definition) is 2. The van der Waals surface area contributed by atoms with Crippen LogP contribution in [-0.4, -0.2) is 16.2 Å². The van der Waals surface area contributed by atoms with E-state index in [9.17, 15) is 0 Å². The molecule has 5 aromatic carbocycles. The predicted octanol–water partition coefficient (Wildman–Crippen LogP) is 14.6. The van der Waals surface area contributed by atoms with Crippen molar-refractivity contribution in [2.75, 3.05) is 16.3 Å². The molecule has 8 rings (SSSR count). The Morgan fingerprint density at radius 1 is 0.559 bits per heavy atom. The minimum atomic E-state index is -1.75. The number of para-hydroxylation sites is 2. The van der Waals surface area contributed by atoms with Crippen molar-refractivity contribution in [1.82, 2.24) is 0 Å². The van der Waals surface area contributed by atoms with Crippen molar-refractivity contribution in [2.45, 2.75) is 117 Å². The smallest absolute Gasteiger partial charge is 0.0140 e. The zero-order chi connectivity index (χ0) is 42.4. The van der Waals surface area contributed by atoms with Crippen molar-refractivity contribution in [3.63, 3.8) is 0 Å². The molecule has 0 spiro atoms. The van der Waals surface area contributed by atoms with Gasteiger partial charge in [0.25, 0.3) is 0 Å². The van der Waals surface area contributed by atoms with E-state index in [0.29, 0.717) is 0 Å². The molecule has 59 heavy (non-hydrogen) atoms. The fourth-order valence-electron chi connectivity index (χ4n) is 9.48. The van der Waals surface area contributed by atoms with Gasteiger partial charge in [-0.05, 0) is 74.8 Å². The third kappa shape index (κ3) is 9.85. The number of anilines is 2. The fraction of sp³-hybridized carbons (Fsp3) is 0.352. The van der Waals surface area contributed by atoms with Gasteiger partial charge in [-0.3, -0.25) is 0 Å². The van der Waals surface area contributed by atoms with Gasteiger partial charge in [-0.15, -0.1) is 10.8 Å². The Kier molecular flexibility index (Phi) is 14.9. The quantitative estimate of drug-likeness (QED) is 0.113. The van der Waals surface area contributed by atoms with Crippen LogP contribution < -0.4 is 9.80 Å². The molecule has 0 N–H and O–H groups in total. The molecule has 5 heteroatoms. The van der Waals surface area contributed by atoms with Gasteiger partial charge in [-0.1, -0.05) is 156 Å². The summed E-state index contributed by atoms with van der Waals surface area (Å²) in [5.74, 6) is 0. The summed E-state index contributed by atoms with van der Waals surface area (Å²) in [5, 5.41) is 0. The number of nitrogens with zero attached hydrogens (tertiary/aromatic N) is 2. The number of allylic oxidation sites excluding steroid dienone is 2. The molecule has 1 aliphatic carbocycles. The van der Waals surface area contributed by atoms with Gasteiger partial charge in [-0.2, -0.15) is 0 Å². The van der Waals surface area contributed by atoms with Crippen LogP contribution in [0.5, 0.6) is 0 Å².